The Balaban J connectivity index is 1.84. The minimum Gasteiger partial charge on any atom is -0.455 e. The number of hydrogen-bond acceptors (Lipinski definition) is 3. The Labute approximate surface area is 108 Å². The van der Waals surface area contributed by atoms with Crippen molar-refractivity contribution in [1.29, 1.82) is 0 Å². The summed E-state index contributed by atoms with van der Waals surface area (Å²) in [6.45, 7) is -0.405. The first-order valence-electron chi connectivity index (χ1n) is 5.48. The van der Waals surface area contributed by atoms with Gasteiger partial charge in [-0.2, -0.15) is 0 Å². The Morgan fingerprint density at radius 3 is 2.78 bits per heavy atom. The smallest absolute Gasteiger partial charge is 0.309 e. The standard InChI is InChI=1S/C12H11ClFNO3/c13-8-3-4-10(9(14)5-8)15-11(16)6-18-12(17)7-1-2-7/h3-5,7H,1-2,6H2,(H,15,16). The monoisotopic (exact) mass is 271 g/mol. The molecule has 1 aromatic rings. The van der Waals surface area contributed by atoms with Crippen molar-refractivity contribution in [2.45, 2.75) is 12.8 Å². The number of nitrogens with one attached hydrogen (secondary N) is 1. The van der Waals surface area contributed by atoms with Crippen LogP contribution in [0.2, 0.25) is 5.02 Å². The van der Waals surface area contributed by atoms with Crippen molar-refractivity contribution < 1.29 is 18.7 Å². The largest absolute Gasteiger partial charge is 0.455 e. The lowest BCUT2D eigenvalue weighted by molar-refractivity contribution is -0.148. The molecule has 0 saturated heterocycles. The molecule has 6 heteroatoms. The van der Waals surface area contributed by atoms with Crippen molar-refractivity contribution in [3.05, 3.63) is 29.0 Å². The van der Waals surface area contributed by atoms with E-state index in [0.717, 1.165) is 18.9 Å². The van der Waals surface area contributed by atoms with Crippen molar-refractivity contribution in [3.8, 4) is 0 Å². The molecular formula is C12H11ClFNO3. The summed E-state index contributed by atoms with van der Waals surface area (Å²) in [7, 11) is 0. The quantitative estimate of drug-likeness (QED) is 0.856. The number of amides is 1. The van der Waals surface area contributed by atoms with Gasteiger partial charge >= 0.3 is 5.97 Å². The first-order chi connectivity index (χ1) is 8.56. The maximum Gasteiger partial charge on any atom is 0.309 e. The van der Waals surface area contributed by atoms with Gasteiger partial charge in [-0.05, 0) is 31.0 Å². The van der Waals surface area contributed by atoms with Gasteiger partial charge in [0.2, 0.25) is 0 Å². The predicted octanol–water partition coefficient (Wildman–Crippen LogP) is 2.37. The van der Waals surface area contributed by atoms with E-state index in [9.17, 15) is 14.0 Å². The maximum atomic E-state index is 13.3. The highest BCUT2D eigenvalue weighted by molar-refractivity contribution is 6.30. The van der Waals surface area contributed by atoms with Crippen LogP contribution in [0.4, 0.5) is 10.1 Å². The van der Waals surface area contributed by atoms with Gasteiger partial charge in [-0.25, -0.2) is 4.39 Å². The molecule has 18 heavy (non-hydrogen) atoms. The number of benzene rings is 1. The molecule has 0 aliphatic heterocycles. The number of carbonyl (C=O) groups is 2. The van der Waals surface area contributed by atoms with Crippen LogP contribution >= 0.6 is 11.6 Å². The molecule has 2 rings (SSSR count). The van der Waals surface area contributed by atoms with E-state index in [-0.39, 0.29) is 22.6 Å². The summed E-state index contributed by atoms with van der Waals surface area (Å²) < 4.78 is 18.1. The Kier molecular flexibility index (Phi) is 3.81. The predicted molar refractivity (Wildman–Crippen MR) is 63.7 cm³/mol. The SMILES string of the molecule is O=C(COC(=O)C1CC1)Nc1ccc(Cl)cc1F. The van der Waals surface area contributed by atoms with Gasteiger partial charge in [0.05, 0.1) is 11.6 Å². The minimum absolute atomic E-state index is 0.00636. The average molecular weight is 272 g/mol. The Morgan fingerprint density at radius 1 is 1.44 bits per heavy atom. The normalized spacial score (nSPS) is 14.1. The molecule has 0 unspecified atom stereocenters. The van der Waals surface area contributed by atoms with Gasteiger partial charge in [-0.1, -0.05) is 11.6 Å². The Hall–Kier alpha value is -1.62. The van der Waals surface area contributed by atoms with Crippen molar-refractivity contribution in [2.24, 2.45) is 5.92 Å². The van der Waals surface area contributed by atoms with Gasteiger partial charge in [0.25, 0.3) is 5.91 Å². The van der Waals surface area contributed by atoms with E-state index in [1.165, 1.54) is 12.1 Å². The highest BCUT2D eigenvalue weighted by Crippen LogP contribution is 2.30. The molecule has 0 atom stereocenters. The van der Waals surface area contributed by atoms with Crippen molar-refractivity contribution in [3.63, 3.8) is 0 Å². The van der Waals surface area contributed by atoms with Crippen LogP contribution in [0.25, 0.3) is 0 Å². The zero-order valence-electron chi connectivity index (χ0n) is 9.41. The van der Waals surface area contributed by atoms with Gasteiger partial charge < -0.3 is 10.1 Å². The third-order valence-electron chi connectivity index (χ3n) is 2.46. The molecule has 0 aromatic heterocycles. The molecule has 1 amide bonds. The van der Waals surface area contributed by atoms with E-state index in [4.69, 9.17) is 16.3 Å². The number of anilines is 1. The zero-order valence-corrected chi connectivity index (χ0v) is 10.2. The van der Waals surface area contributed by atoms with E-state index in [1.54, 1.807) is 0 Å². The first kappa shape index (κ1) is 12.8. The molecule has 0 spiro atoms. The molecule has 96 valence electrons. The molecule has 0 heterocycles. The van der Waals surface area contributed by atoms with Crippen LogP contribution in [0, 0.1) is 11.7 Å². The Bertz CT molecular complexity index is 488. The molecule has 0 bridgehead atoms. The molecule has 1 aliphatic carbocycles. The van der Waals surface area contributed by atoms with Crippen molar-refractivity contribution in [2.75, 3.05) is 11.9 Å². The molecule has 1 aromatic carbocycles. The summed E-state index contributed by atoms with van der Waals surface area (Å²) >= 11 is 5.58. The summed E-state index contributed by atoms with van der Waals surface area (Å²) in [4.78, 5) is 22.6. The van der Waals surface area contributed by atoms with E-state index < -0.39 is 18.3 Å². The molecule has 1 aliphatic rings. The highest BCUT2D eigenvalue weighted by atomic mass is 35.5. The van der Waals surface area contributed by atoms with Crippen molar-refractivity contribution in [1.82, 2.24) is 0 Å². The van der Waals surface area contributed by atoms with E-state index in [0.29, 0.717) is 0 Å². The lowest BCUT2D eigenvalue weighted by atomic mass is 10.3. The fourth-order valence-corrected chi connectivity index (χ4v) is 1.51. The highest BCUT2D eigenvalue weighted by Gasteiger charge is 2.31. The number of rotatable bonds is 4. The topological polar surface area (TPSA) is 55.4 Å². The van der Waals surface area contributed by atoms with Crippen LogP contribution in [0.3, 0.4) is 0 Å². The lowest BCUT2D eigenvalue weighted by Gasteiger charge is -2.07. The number of halogens is 2. The second-order valence-corrected chi connectivity index (χ2v) is 4.49. The van der Waals surface area contributed by atoms with E-state index >= 15 is 0 Å². The van der Waals surface area contributed by atoms with Gasteiger partial charge in [0.15, 0.2) is 6.61 Å². The summed E-state index contributed by atoms with van der Waals surface area (Å²) in [5.74, 6) is -1.65. The summed E-state index contributed by atoms with van der Waals surface area (Å²) in [6, 6.07) is 3.89. The van der Waals surface area contributed by atoms with Gasteiger partial charge in [-0.15, -0.1) is 0 Å². The van der Waals surface area contributed by atoms with Crippen LogP contribution in [0.15, 0.2) is 18.2 Å². The van der Waals surface area contributed by atoms with Crippen LogP contribution in [0.1, 0.15) is 12.8 Å². The summed E-state index contributed by atoms with van der Waals surface area (Å²) in [6.07, 6.45) is 1.62. The molecule has 1 fully saturated rings. The van der Waals surface area contributed by atoms with Gasteiger partial charge in [0, 0.05) is 5.02 Å². The average Bonchev–Trinajstić information content (AvgIpc) is 3.14. The van der Waals surface area contributed by atoms with E-state index in [2.05, 4.69) is 5.32 Å². The van der Waals surface area contributed by atoms with Gasteiger partial charge in [0.1, 0.15) is 5.82 Å². The zero-order chi connectivity index (χ0) is 13.1. The molecule has 0 radical (unpaired) electrons. The third-order valence-corrected chi connectivity index (χ3v) is 2.70. The lowest BCUT2D eigenvalue weighted by Crippen LogP contribution is -2.21. The van der Waals surface area contributed by atoms with Crippen LogP contribution in [0.5, 0.6) is 0 Å². The Morgan fingerprint density at radius 2 is 2.17 bits per heavy atom. The molecule has 4 nitrogen and oxygen atoms in total. The maximum absolute atomic E-state index is 13.3. The first-order valence-corrected chi connectivity index (χ1v) is 5.85. The van der Waals surface area contributed by atoms with E-state index in [1.807, 2.05) is 0 Å². The fraction of sp³-hybridized carbons (Fsp3) is 0.333. The summed E-state index contributed by atoms with van der Waals surface area (Å²) in [5.41, 5.74) is 0.00636. The minimum atomic E-state index is -0.635. The number of esters is 1. The van der Waals surface area contributed by atoms with Crippen LogP contribution in [-0.4, -0.2) is 18.5 Å². The second kappa shape index (κ2) is 5.35. The summed E-state index contributed by atoms with van der Waals surface area (Å²) in [5, 5.41) is 2.54. The molecule has 1 N–H and O–H groups in total. The molecular weight excluding hydrogens is 261 g/mol. The number of ether oxygens (including phenoxy) is 1. The van der Waals surface area contributed by atoms with Crippen LogP contribution in [-0.2, 0) is 14.3 Å². The van der Waals surface area contributed by atoms with Crippen molar-refractivity contribution >= 4 is 29.2 Å². The second-order valence-electron chi connectivity index (χ2n) is 4.05. The van der Waals surface area contributed by atoms with Gasteiger partial charge in [-0.3, -0.25) is 9.59 Å². The van der Waals surface area contributed by atoms with Crippen LogP contribution < -0.4 is 5.32 Å². The molecule has 1 saturated carbocycles. The number of carbonyl (C=O) groups excluding carboxylic acids is 2. The third kappa shape index (κ3) is 3.43. The number of hydrogen-bond donors (Lipinski definition) is 1. The fourth-order valence-electron chi connectivity index (χ4n) is 1.35.